The molecule has 8 unspecified atom stereocenters. The quantitative estimate of drug-likeness (QED) is 0.370. The maximum atomic E-state index is 14.2. The maximum Gasteiger partial charge on any atom is 0.159 e. The van der Waals surface area contributed by atoms with Crippen molar-refractivity contribution in [1.29, 1.82) is 0 Å². The van der Waals surface area contributed by atoms with Crippen LogP contribution in [0.4, 0.5) is 0 Å². The van der Waals surface area contributed by atoms with Crippen LogP contribution in [0.3, 0.4) is 0 Å². The van der Waals surface area contributed by atoms with Crippen LogP contribution in [0.25, 0.3) is 0 Å². The molecule has 0 aliphatic heterocycles. The lowest BCUT2D eigenvalue weighted by Crippen LogP contribution is -2.65. The van der Waals surface area contributed by atoms with Gasteiger partial charge in [0.1, 0.15) is 0 Å². The largest absolute Gasteiger partial charge is 0.295 e. The van der Waals surface area contributed by atoms with Crippen molar-refractivity contribution in [2.45, 2.75) is 120 Å². The third-order valence-corrected chi connectivity index (χ3v) is 13.4. The van der Waals surface area contributed by atoms with E-state index in [0.29, 0.717) is 33.9 Å². The van der Waals surface area contributed by atoms with Crippen LogP contribution in [0.15, 0.2) is 11.6 Å². The van der Waals surface area contributed by atoms with Gasteiger partial charge < -0.3 is 0 Å². The lowest BCUT2D eigenvalue weighted by Gasteiger charge is -2.70. The minimum absolute atomic E-state index is 0.110. The van der Waals surface area contributed by atoms with E-state index in [4.69, 9.17) is 0 Å². The van der Waals surface area contributed by atoms with Crippen LogP contribution in [0.2, 0.25) is 0 Å². The third kappa shape index (κ3) is 2.72. The Balaban J connectivity index is 1.63. The van der Waals surface area contributed by atoms with E-state index in [1.807, 2.05) is 0 Å². The molecule has 0 bridgehead atoms. The summed E-state index contributed by atoms with van der Waals surface area (Å²) >= 11 is 0. The summed E-state index contributed by atoms with van der Waals surface area (Å²) in [6.07, 6.45) is 13.9. The molecule has 0 radical (unpaired) electrons. The van der Waals surface area contributed by atoms with E-state index in [1.165, 1.54) is 57.8 Å². The van der Waals surface area contributed by atoms with Crippen LogP contribution in [0, 0.1) is 56.2 Å². The average molecular weight is 439 g/mol. The summed E-state index contributed by atoms with van der Waals surface area (Å²) in [6, 6.07) is 0. The van der Waals surface area contributed by atoms with Crippen molar-refractivity contribution in [1.82, 2.24) is 0 Å². The summed E-state index contributed by atoms with van der Waals surface area (Å²) in [4.78, 5) is 14.2. The number of allylic oxidation sites excluding steroid dienone is 2. The first-order chi connectivity index (χ1) is 14.6. The van der Waals surface area contributed by atoms with Crippen LogP contribution in [-0.2, 0) is 4.79 Å². The van der Waals surface area contributed by atoms with Gasteiger partial charge in [-0.1, -0.05) is 67.9 Å². The molecular formula is C31H50O. The second kappa shape index (κ2) is 6.54. The monoisotopic (exact) mass is 438 g/mol. The van der Waals surface area contributed by atoms with Crippen molar-refractivity contribution in [2.75, 3.05) is 0 Å². The highest BCUT2D eigenvalue weighted by Gasteiger charge is 2.69. The van der Waals surface area contributed by atoms with Gasteiger partial charge in [0.25, 0.3) is 0 Å². The van der Waals surface area contributed by atoms with Crippen LogP contribution in [0.5, 0.6) is 0 Å². The Morgan fingerprint density at radius 3 is 2.16 bits per heavy atom. The number of hydrogen-bond donors (Lipinski definition) is 0. The van der Waals surface area contributed by atoms with Gasteiger partial charge in [0.05, 0.1) is 0 Å². The van der Waals surface area contributed by atoms with E-state index >= 15 is 0 Å². The van der Waals surface area contributed by atoms with Crippen LogP contribution < -0.4 is 0 Å². The molecule has 4 fully saturated rings. The fourth-order valence-electron chi connectivity index (χ4n) is 10.5. The molecule has 4 saturated carbocycles. The summed E-state index contributed by atoms with van der Waals surface area (Å²) in [7, 11) is 0. The summed E-state index contributed by atoms with van der Waals surface area (Å²) in [5.74, 6) is 2.73. The minimum atomic E-state index is 0.110. The number of carbonyl (C=O) groups is 1. The van der Waals surface area contributed by atoms with E-state index in [1.54, 1.807) is 5.57 Å². The standard InChI is InChI=1S/C31H50O/c1-20-10-12-29(7)24(27(20,4)5)11-13-31(9)25(29)23(32)18-21-22-19-26(2,3)14-15-28(22,6)16-17-30(21,31)8/h18,20,22,24-25H,10-17,19H2,1-9H3. The molecule has 5 aliphatic rings. The molecule has 0 heterocycles. The number of rotatable bonds is 0. The highest BCUT2D eigenvalue weighted by molar-refractivity contribution is 5.95. The third-order valence-electron chi connectivity index (χ3n) is 13.4. The van der Waals surface area contributed by atoms with Gasteiger partial charge in [-0.3, -0.25) is 4.79 Å². The molecule has 0 aromatic rings. The molecule has 0 saturated heterocycles. The maximum absolute atomic E-state index is 14.2. The van der Waals surface area contributed by atoms with Crippen molar-refractivity contribution in [3.63, 3.8) is 0 Å². The fourth-order valence-corrected chi connectivity index (χ4v) is 10.5. The number of fused-ring (bicyclic) bond motifs is 7. The highest BCUT2D eigenvalue weighted by Crippen LogP contribution is 2.75. The van der Waals surface area contributed by atoms with E-state index in [-0.39, 0.29) is 22.2 Å². The van der Waals surface area contributed by atoms with Gasteiger partial charge in [-0.15, -0.1) is 0 Å². The molecule has 1 nitrogen and oxygen atoms in total. The summed E-state index contributed by atoms with van der Waals surface area (Å²) < 4.78 is 0. The van der Waals surface area contributed by atoms with E-state index in [2.05, 4.69) is 68.4 Å². The molecule has 5 rings (SSSR count). The Bertz CT molecular complexity index is 862. The van der Waals surface area contributed by atoms with Crippen molar-refractivity contribution in [2.24, 2.45) is 56.2 Å². The molecule has 0 N–H and O–H groups in total. The average Bonchev–Trinajstić information content (AvgIpc) is 2.68. The topological polar surface area (TPSA) is 17.1 Å². The molecule has 0 spiro atoms. The Hall–Kier alpha value is -0.590. The normalized spacial score (nSPS) is 53.9. The van der Waals surface area contributed by atoms with Crippen LogP contribution in [0.1, 0.15) is 120 Å². The zero-order valence-electron chi connectivity index (χ0n) is 22.7. The molecule has 32 heavy (non-hydrogen) atoms. The molecular weight excluding hydrogens is 388 g/mol. The molecule has 0 amide bonds. The summed E-state index contributed by atoms with van der Waals surface area (Å²) in [5.41, 5.74) is 3.15. The van der Waals surface area contributed by atoms with Gasteiger partial charge in [0, 0.05) is 5.92 Å². The summed E-state index contributed by atoms with van der Waals surface area (Å²) in [6.45, 7) is 22.6. The van der Waals surface area contributed by atoms with Gasteiger partial charge in [-0.2, -0.15) is 0 Å². The second-order valence-corrected chi connectivity index (χ2v) is 15.6. The molecule has 180 valence electrons. The molecule has 5 aliphatic carbocycles. The molecule has 0 aromatic heterocycles. The van der Waals surface area contributed by atoms with Gasteiger partial charge >= 0.3 is 0 Å². The Labute approximate surface area is 198 Å². The smallest absolute Gasteiger partial charge is 0.159 e. The predicted octanol–water partition coefficient (Wildman–Crippen LogP) is 8.62. The van der Waals surface area contributed by atoms with Gasteiger partial charge in [-0.05, 0) is 114 Å². The van der Waals surface area contributed by atoms with E-state index in [9.17, 15) is 4.79 Å². The predicted molar refractivity (Wildman–Crippen MR) is 134 cm³/mol. The highest BCUT2D eigenvalue weighted by atomic mass is 16.1. The Morgan fingerprint density at radius 2 is 1.47 bits per heavy atom. The van der Waals surface area contributed by atoms with Crippen molar-refractivity contribution in [3.8, 4) is 0 Å². The van der Waals surface area contributed by atoms with Gasteiger partial charge in [0.2, 0.25) is 0 Å². The second-order valence-electron chi connectivity index (χ2n) is 15.6. The fraction of sp³-hybridized carbons (Fsp3) is 0.903. The first kappa shape index (κ1) is 23.2. The zero-order valence-corrected chi connectivity index (χ0v) is 22.7. The number of hydrogen-bond acceptors (Lipinski definition) is 1. The Kier molecular flexibility index (Phi) is 4.74. The lowest BCUT2D eigenvalue weighted by molar-refractivity contribution is -0.192. The van der Waals surface area contributed by atoms with Crippen molar-refractivity contribution < 1.29 is 4.79 Å². The van der Waals surface area contributed by atoms with Crippen molar-refractivity contribution in [3.05, 3.63) is 11.6 Å². The molecule has 1 heteroatoms. The Morgan fingerprint density at radius 1 is 0.812 bits per heavy atom. The van der Waals surface area contributed by atoms with Crippen LogP contribution >= 0.6 is 0 Å². The first-order valence-corrected chi connectivity index (χ1v) is 13.9. The summed E-state index contributed by atoms with van der Waals surface area (Å²) in [5, 5.41) is 0. The lowest BCUT2D eigenvalue weighted by atomic mass is 9.33. The molecule has 0 aromatic carbocycles. The van der Waals surface area contributed by atoms with Gasteiger partial charge in [-0.25, -0.2) is 0 Å². The van der Waals surface area contributed by atoms with Crippen molar-refractivity contribution >= 4 is 5.78 Å². The zero-order chi connectivity index (χ0) is 23.5. The first-order valence-electron chi connectivity index (χ1n) is 13.9. The van der Waals surface area contributed by atoms with Crippen LogP contribution in [-0.4, -0.2) is 5.78 Å². The SMILES string of the molecule is CC1CCC2(C)C(CCC3(C)C2C(=O)C=C2C4CC(C)(C)CCC4(C)CCC23C)C1(C)C. The van der Waals surface area contributed by atoms with E-state index < -0.39 is 0 Å². The molecule has 8 atom stereocenters. The number of carbonyl (C=O) groups excluding carboxylic acids is 1. The van der Waals surface area contributed by atoms with Gasteiger partial charge in [0.15, 0.2) is 5.78 Å². The minimum Gasteiger partial charge on any atom is -0.295 e. The van der Waals surface area contributed by atoms with E-state index in [0.717, 1.165) is 5.92 Å². The number of ketones is 1.